The molecule has 0 radical (unpaired) electrons. The smallest absolute Gasteiger partial charge is 0.321 e. The van der Waals surface area contributed by atoms with Gasteiger partial charge in [-0.15, -0.1) is 0 Å². The Morgan fingerprint density at radius 1 is 1.10 bits per heavy atom. The van der Waals surface area contributed by atoms with Gasteiger partial charge >= 0.3 is 6.03 Å². The second-order valence-corrected chi connectivity index (χ2v) is 7.71. The van der Waals surface area contributed by atoms with Gasteiger partial charge < -0.3 is 10.6 Å². The van der Waals surface area contributed by atoms with E-state index in [0.29, 0.717) is 12.2 Å². The fraction of sp³-hybridized carbons (Fsp3) is 0.261. The molecule has 1 saturated heterocycles. The van der Waals surface area contributed by atoms with Gasteiger partial charge in [0.2, 0.25) is 5.91 Å². The van der Waals surface area contributed by atoms with Crippen LogP contribution in [-0.4, -0.2) is 27.8 Å². The van der Waals surface area contributed by atoms with E-state index in [1.807, 2.05) is 74.5 Å². The van der Waals surface area contributed by atoms with Gasteiger partial charge in [0.15, 0.2) is 6.29 Å². The molecule has 2 unspecified atom stereocenters. The van der Waals surface area contributed by atoms with E-state index in [1.165, 1.54) is 0 Å². The van der Waals surface area contributed by atoms with Gasteiger partial charge in [0.1, 0.15) is 5.82 Å². The summed E-state index contributed by atoms with van der Waals surface area (Å²) in [5.74, 6) is 0.426. The number of nitrogens with one attached hydrogen (secondary N) is 4. The Morgan fingerprint density at radius 3 is 2.29 bits per heavy atom. The molecule has 1 aromatic heterocycles. The van der Waals surface area contributed by atoms with E-state index >= 15 is 0 Å². The van der Waals surface area contributed by atoms with Crippen LogP contribution in [0.2, 0.25) is 0 Å². The van der Waals surface area contributed by atoms with E-state index in [1.54, 1.807) is 10.7 Å². The van der Waals surface area contributed by atoms with Crippen molar-refractivity contribution in [1.82, 2.24) is 25.7 Å². The maximum absolute atomic E-state index is 13.0. The number of amides is 3. The number of hydrogen-bond acceptors (Lipinski definition) is 4. The second-order valence-electron chi connectivity index (χ2n) is 7.71. The third-order valence-electron chi connectivity index (χ3n) is 5.12. The predicted molar refractivity (Wildman–Crippen MR) is 118 cm³/mol. The molecule has 4 N–H and O–H groups in total. The highest BCUT2D eigenvalue weighted by Crippen LogP contribution is 2.22. The van der Waals surface area contributed by atoms with Crippen molar-refractivity contribution in [3.05, 3.63) is 83.6 Å². The molecular formula is C23H26N6O2. The summed E-state index contributed by atoms with van der Waals surface area (Å²) in [6.45, 7) is 3.77. The molecule has 2 atom stereocenters. The average molecular weight is 419 g/mol. The molecule has 0 saturated carbocycles. The van der Waals surface area contributed by atoms with Crippen LogP contribution in [0.3, 0.4) is 0 Å². The Hall–Kier alpha value is -3.65. The Labute approximate surface area is 181 Å². The normalized spacial score (nSPS) is 18.5. The van der Waals surface area contributed by atoms with Crippen molar-refractivity contribution < 1.29 is 9.59 Å². The maximum atomic E-state index is 13.0. The number of carbonyl (C=O) groups is 2. The first-order chi connectivity index (χ1) is 15.0. The molecule has 1 aliphatic rings. The fourth-order valence-corrected chi connectivity index (χ4v) is 3.73. The van der Waals surface area contributed by atoms with Crippen LogP contribution in [0.1, 0.15) is 42.5 Å². The van der Waals surface area contributed by atoms with Crippen LogP contribution in [0, 0.1) is 6.92 Å². The molecule has 160 valence electrons. The minimum absolute atomic E-state index is 0.00507. The lowest BCUT2D eigenvalue weighted by Gasteiger charge is -2.30. The summed E-state index contributed by atoms with van der Waals surface area (Å²) in [5.41, 5.74) is 2.68. The number of anilines is 1. The number of aromatic nitrogens is 2. The van der Waals surface area contributed by atoms with Gasteiger partial charge in [-0.05, 0) is 25.0 Å². The van der Waals surface area contributed by atoms with Gasteiger partial charge in [-0.2, -0.15) is 5.10 Å². The molecule has 8 nitrogen and oxygen atoms in total. The van der Waals surface area contributed by atoms with Crippen LogP contribution >= 0.6 is 0 Å². The van der Waals surface area contributed by atoms with Crippen LogP contribution in [0.25, 0.3) is 0 Å². The van der Waals surface area contributed by atoms with Gasteiger partial charge in [0.25, 0.3) is 0 Å². The summed E-state index contributed by atoms with van der Waals surface area (Å²) in [6, 6.07) is 20.7. The Balaban J connectivity index is 1.55. The Kier molecular flexibility index (Phi) is 5.99. The molecular weight excluding hydrogens is 392 g/mol. The molecule has 8 heteroatoms. The lowest BCUT2D eigenvalue weighted by atomic mass is 9.99. The van der Waals surface area contributed by atoms with Crippen molar-refractivity contribution in [3.8, 4) is 0 Å². The van der Waals surface area contributed by atoms with Crippen LogP contribution in [0.4, 0.5) is 10.6 Å². The fourth-order valence-electron chi connectivity index (χ4n) is 3.73. The van der Waals surface area contributed by atoms with E-state index in [9.17, 15) is 9.59 Å². The first kappa shape index (κ1) is 20.6. The van der Waals surface area contributed by atoms with Gasteiger partial charge in [0, 0.05) is 18.5 Å². The SMILES string of the molecule is Cc1cc(NC(=O)NC(c2ccccc2)c2ccccc2)n(C2NC(=O)CC(C)N2)n1. The highest BCUT2D eigenvalue weighted by Gasteiger charge is 2.27. The Morgan fingerprint density at radius 2 is 1.71 bits per heavy atom. The molecule has 0 spiro atoms. The van der Waals surface area contributed by atoms with E-state index in [4.69, 9.17) is 0 Å². The van der Waals surface area contributed by atoms with E-state index in [2.05, 4.69) is 26.4 Å². The Bertz CT molecular complexity index is 1010. The highest BCUT2D eigenvalue weighted by molar-refractivity contribution is 5.89. The lowest BCUT2D eigenvalue weighted by Crippen LogP contribution is -2.52. The second kappa shape index (κ2) is 9.01. The minimum atomic E-state index is -0.528. The first-order valence-electron chi connectivity index (χ1n) is 10.3. The largest absolute Gasteiger partial charge is 0.327 e. The number of urea groups is 1. The lowest BCUT2D eigenvalue weighted by molar-refractivity contribution is -0.125. The molecule has 3 amide bonds. The monoisotopic (exact) mass is 418 g/mol. The minimum Gasteiger partial charge on any atom is -0.327 e. The number of hydrogen-bond donors (Lipinski definition) is 4. The summed E-state index contributed by atoms with van der Waals surface area (Å²) < 4.78 is 1.59. The topological polar surface area (TPSA) is 100 Å². The van der Waals surface area contributed by atoms with Crippen molar-refractivity contribution in [2.45, 2.75) is 38.6 Å². The van der Waals surface area contributed by atoms with E-state index in [-0.39, 0.29) is 24.0 Å². The van der Waals surface area contributed by atoms with Crippen molar-refractivity contribution in [2.75, 3.05) is 5.32 Å². The predicted octanol–water partition coefficient (Wildman–Crippen LogP) is 3.06. The molecule has 2 heterocycles. The number of benzene rings is 2. The van der Waals surface area contributed by atoms with E-state index in [0.717, 1.165) is 16.8 Å². The highest BCUT2D eigenvalue weighted by atomic mass is 16.2. The first-order valence-corrected chi connectivity index (χ1v) is 10.3. The van der Waals surface area contributed by atoms with Gasteiger partial charge in [0.05, 0.1) is 11.7 Å². The zero-order chi connectivity index (χ0) is 21.8. The van der Waals surface area contributed by atoms with Crippen molar-refractivity contribution in [1.29, 1.82) is 0 Å². The van der Waals surface area contributed by atoms with Gasteiger partial charge in [-0.3, -0.25) is 15.4 Å². The van der Waals surface area contributed by atoms with Crippen molar-refractivity contribution in [2.24, 2.45) is 0 Å². The number of carbonyl (C=O) groups excluding carboxylic acids is 2. The quantitative estimate of drug-likeness (QED) is 0.512. The average Bonchev–Trinajstić information content (AvgIpc) is 3.12. The number of aryl methyl sites for hydroxylation is 1. The van der Waals surface area contributed by atoms with E-state index < -0.39 is 6.29 Å². The van der Waals surface area contributed by atoms with Crippen LogP contribution in [0.5, 0.6) is 0 Å². The standard InChI is InChI=1S/C23H26N6O2/c1-15-14-20(30)26-22(24-15)29-19(13-16(2)28-29)25-23(31)27-21(17-9-5-3-6-10-17)18-11-7-4-8-12-18/h3-13,15,21-22,24H,14H2,1-2H3,(H,26,30)(H2,25,27,31). The molecule has 2 aromatic carbocycles. The molecule has 4 rings (SSSR count). The van der Waals surface area contributed by atoms with Crippen LogP contribution in [-0.2, 0) is 4.79 Å². The third kappa shape index (κ3) is 4.92. The van der Waals surface area contributed by atoms with Crippen LogP contribution < -0.4 is 21.3 Å². The van der Waals surface area contributed by atoms with Crippen molar-refractivity contribution >= 4 is 17.8 Å². The molecule has 0 aliphatic carbocycles. The van der Waals surface area contributed by atoms with Crippen LogP contribution in [0.15, 0.2) is 66.7 Å². The summed E-state index contributed by atoms with van der Waals surface area (Å²) >= 11 is 0. The summed E-state index contributed by atoms with van der Waals surface area (Å²) in [5, 5.41) is 16.5. The molecule has 1 fully saturated rings. The van der Waals surface area contributed by atoms with Gasteiger partial charge in [-0.1, -0.05) is 60.7 Å². The summed E-state index contributed by atoms with van der Waals surface area (Å²) in [6.07, 6.45) is -0.130. The number of rotatable bonds is 5. The molecule has 1 aliphatic heterocycles. The third-order valence-corrected chi connectivity index (χ3v) is 5.12. The zero-order valence-corrected chi connectivity index (χ0v) is 17.5. The molecule has 0 bridgehead atoms. The maximum Gasteiger partial charge on any atom is 0.321 e. The summed E-state index contributed by atoms with van der Waals surface area (Å²) in [7, 11) is 0. The van der Waals surface area contributed by atoms with Gasteiger partial charge in [-0.25, -0.2) is 9.48 Å². The zero-order valence-electron chi connectivity index (χ0n) is 17.5. The molecule has 3 aromatic rings. The summed E-state index contributed by atoms with van der Waals surface area (Å²) in [4.78, 5) is 24.9. The van der Waals surface area contributed by atoms with Crippen molar-refractivity contribution in [3.63, 3.8) is 0 Å². The molecule has 31 heavy (non-hydrogen) atoms. The number of nitrogens with zero attached hydrogens (tertiary/aromatic N) is 2.